The number of hydrogen-bond acceptors (Lipinski definition) is 2. The summed E-state index contributed by atoms with van der Waals surface area (Å²) in [4.78, 5) is 2.78. The summed E-state index contributed by atoms with van der Waals surface area (Å²) in [6.07, 6.45) is 8.53. The van der Waals surface area contributed by atoms with E-state index in [1.54, 1.807) is 0 Å². The zero-order valence-electron chi connectivity index (χ0n) is 12.6. The highest BCUT2D eigenvalue weighted by Gasteiger charge is 2.35. The van der Waals surface area contributed by atoms with Gasteiger partial charge in [0.05, 0.1) is 0 Å². The quantitative estimate of drug-likeness (QED) is 0.832. The molecule has 1 heterocycles. The van der Waals surface area contributed by atoms with Crippen molar-refractivity contribution in [3.63, 3.8) is 0 Å². The Hall–Kier alpha value is -0.0800. The summed E-state index contributed by atoms with van der Waals surface area (Å²) in [5, 5.41) is 0. The SMILES string of the molecule is CC(C)CC1CCCC(N2CC(CN)CC2C)C1. The highest BCUT2D eigenvalue weighted by Crippen LogP contribution is 2.35. The first-order valence-corrected chi connectivity index (χ1v) is 8.06. The van der Waals surface area contributed by atoms with Gasteiger partial charge in [-0.1, -0.05) is 26.7 Å². The van der Waals surface area contributed by atoms with Crippen LogP contribution in [0.5, 0.6) is 0 Å². The van der Waals surface area contributed by atoms with Gasteiger partial charge in [0.25, 0.3) is 0 Å². The Morgan fingerprint density at radius 3 is 2.56 bits per heavy atom. The normalized spacial score (nSPS) is 38.5. The lowest BCUT2D eigenvalue weighted by atomic mass is 9.80. The third kappa shape index (κ3) is 3.48. The van der Waals surface area contributed by atoms with Gasteiger partial charge >= 0.3 is 0 Å². The van der Waals surface area contributed by atoms with Crippen molar-refractivity contribution in [3.8, 4) is 0 Å². The van der Waals surface area contributed by atoms with Gasteiger partial charge in [-0.15, -0.1) is 0 Å². The van der Waals surface area contributed by atoms with Gasteiger partial charge in [0.1, 0.15) is 0 Å². The minimum Gasteiger partial charge on any atom is -0.330 e. The molecular formula is C16H32N2. The molecule has 0 radical (unpaired) electrons. The largest absolute Gasteiger partial charge is 0.330 e. The molecule has 1 aliphatic carbocycles. The second kappa shape index (κ2) is 6.38. The van der Waals surface area contributed by atoms with Crippen molar-refractivity contribution in [2.24, 2.45) is 23.5 Å². The van der Waals surface area contributed by atoms with Gasteiger partial charge in [-0.25, -0.2) is 0 Å². The van der Waals surface area contributed by atoms with E-state index in [2.05, 4.69) is 25.7 Å². The Kier molecular flexibility index (Phi) is 5.08. The maximum Gasteiger partial charge on any atom is 0.0101 e. The molecule has 0 aromatic heterocycles. The summed E-state index contributed by atoms with van der Waals surface area (Å²) in [6.45, 7) is 9.28. The molecule has 0 amide bonds. The van der Waals surface area contributed by atoms with E-state index in [4.69, 9.17) is 5.73 Å². The average Bonchev–Trinajstić information content (AvgIpc) is 2.70. The van der Waals surface area contributed by atoms with Crippen LogP contribution in [0.1, 0.15) is 59.3 Å². The van der Waals surface area contributed by atoms with E-state index < -0.39 is 0 Å². The number of nitrogens with two attached hydrogens (primary N) is 1. The van der Waals surface area contributed by atoms with Crippen molar-refractivity contribution >= 4 is 0 Å². The Balaban J connectivity index is 1.88. The van der Waals surface area contributed by atoms with Crippen LogP contribution in [0.15, 0.2) is 0 Å². The molecule has 1 saturated carbocycles. The summed E-state index contributed by atoms with van der Waals surface area (Å²) >= 11 is 0. The van der Waals surface area contributed by atoms with Crippen molar-refractivity contribution in [3.05, 3.63) is 0 Å². The highest BCUT2D eigenvalue weighted by atomic mass is 15.2. The smallest absolute Gasteiger partial charge is 0.0101 e. The van der Waals surface area contributed by atoms with Gasteiger partial charge in [0.2, 0.25) is 0 Å². The van der Waals surface area contributed by atoms with Crippen LogP contribution in [-0.2, 0) is 0 Å². The molecule has 1 aliphatic heterocycles. The second-order valence-corrected chi connectivity index (χ2v) is 7.20. The molecule has 2 rings (SSSR count). The summed E-state index contributed by atoms with van der Waals surface area (Å²) in [7, 11) is 0. The lowest BCUT2D eigenvalue weighted by molar-refractivity contribution is 0.115. The summed E-state index contributed by atoms with van der Waals surface area (Å²) in [6, 6.07) is 1.62. The van der Waals surface area contributed by atoms with Crippen molar-refractivity contribution < 1.29 is 0 Å². The van der Waals surface area contributed by atoms with Crippen molar-refractivity contribution in [1.29, 1.82) is 0 Å². The minimum absolute atomic E-state index is 0.755. The Labute approximate surface area is 113 Å². The molecule has 2 fully saturated rings. The molecule has 4 atom stereocenters. The first kappa shape index (κ1) is 14.3. The van der Waals surface area contributed by atoms with Crippen LogP contribution in [0.4, 0.5) is 0 Å². The van der Waals surface area contributed by atoms with E-state index >= 15 is 0 Å². The van der Waals surface area contributed by atoms with E-state index in [0.717, 1.165) is 36.4 Å². The predicted octanol–water partition coefficient (Wildman–Crippen LogP) is 3.26. The van der Waals surface area contributed by atoms with E-state index in [-0.39, 0.29) is 0 Å². The van der Waals surface area contributed by atoms with E-state index in [1.807, 2.05) is 0 Å². The molecular weight excluding hydrogens is 220 g/mol. The third-order valence-corrected chi connectivity index (χ3v) is 5.07. The highest BCUT2D eigenvalue weighted by molar-refractivity contribution is 4.90. The minimum atomic E-state index is 0.755. The summed E-state index contributed by atoms with van der Waals surface area (Å²) in [5.41, 5.74) is 5.85. The zero-order chi connectivity index (χ0) is 13.1. The fourth-order valence-corrected chi connectivity index (χ4v) is 4.29. The molecule has 2 aliphatic rings. The Bertz CT molecular complexity index is 251. The van der Waals surface area contributed by atoms with Gasteiger partial charge in [0, 0.05) is 18.6 Å². The van der Waals surface area contributed by atoms with E-state index in [9.17, 15) is 0 Å². The first-order valence-electron chi connectivity index (χ1n) is 8.06. The van der Waals surface area contributed by atoms with Gasteiger partial charge < -0.3 is 5.73 Å². The van der Waals surface area contributed by atoms with Gasteiger partial charge in [0.15, 0.2) is 0 Å². The summed E-state index contributed by atoms with van der Waals surface area (Å²) < 4.78 is 0. The van der Waals surface area contributed by atoms with Crippen LogP contribution in [-0.4, -0.2) is 30.1 Å². The van der Waals surface area contributed by atoms with Crippen LogP contribution < -0.4 is 5.73 Å². The van der Waals surface area contributed by atoms with Gasteiger partial charge in [-0.3, -0.25) is 4.90 Å². The molecule has 2 heteroatoms. The molecule has 0 spiro atoms. The van der Waals surface area contributed by atoms with Crippen LogP contribution in [0.3, 0.4) is 0 Å². The topological polar surface area (TPSA) is 29.3 Å². The Morgan fingerprint density at radius 1 is 1.17 bits per heavy atom. The Morgan fingerprint density at radius 2 is 1.94 bits per heavy atom. The van der Waals surface area contributed by atoms with Crippen LogP contribution in [0.25, 0.3) is 0 Å². The molecule has 1 saturated heterocycles. The lowest BCUT2D eigenvalue weighted by Gasteiger charge is -2.38. The number of hydrogen-bond donors (Lipinski definition) is 1. The first-order chi connectivity index (χ1) is 8.60. The van der Waals surface area contributed by atoms with Crippen LogP contribution in [0.2, 0.25) is 0 Å². The fraction of sp³-hybridized carbons (Fsp3) is 1.00. The molecule has 4 unspecified atom stereocenters. The lowest BCUT2D eigenvalue weighted by Crippen LogP contribution is -2.41. The van der Waals surface area contributed by atoms with Crippen molar-refractivity contribution in [1.82, 2.24) is 4.90 Å². The molecule has 2 nitrogen and oxygen atoms in total. The standard InChI is InChI=1S/C16H32N2/c1-12(2)7-14-5-4-6-16(9-14)18-11-15(10-17)8-13(18)3/h12-16H,4-11,17H2,1-3H3. The number of nitrogens with zero attached hydrogens (tertiary/aromatic N) is 1. The van der Waals surface area contributed by atoms with Crippen LogP contribution >= 0.6 is 0 Å². The fourth-order valence-electron chi connectivity index (χ4n) is 4.29. The molecule has 18 heavy (non-hydrogen) atoms. The summed E-state index contributed by atoms with van der Waals surface area (Å²) in [5.74, 6) is 2.60. The molecule has 0 bridgehead atoms. The number of likely N-dealkylation sites (tertiary alicyclic amines) is 1. The second-order valence-electron chi connectivity index (χ2n) is 7.20. The zero-order valence-corrected chi connectivity index (χ0v) is 12.6. The third-order valence-electron chi connectivity index (χ3n) is 5.07. The number of rotatable bonds is 4. The van der Waals surface area contributed by atoms with Gasteiger partial charge in [-0.05, 0) is 56.9 Å². The van der Waals surface area contributed by atoms with Crippen molar-refractivity contribution in [2.45, 2.75) is 71.4 Å². The van der Waals surface area contributed by atoms with Gasteiger partial charge in [-0.2, -0.15) is 0 Å². The van der Waals surface area contributed by atoms with Crippen LogP contribution in [0, 0.1) is 17.8 Å². The monoisotopic (exact) mass is 252 g/mol. The van der Waals surface area contributed by atoms with Crippen molar-refractivity contribution in [2.75, 3.05) is 13.1 Å². The molecule has 0 aromatic carbocycles. The predicted molar refractivity (Wildman–Crippen MR) is 78.5 cm³/mol. The molecule has 106 valence electrons. The van der Waals surface area contributed by atoms with E-state index in [0.29, 0.717) is 0 Å². The average molecular weight is 252 g/mol. The molecule has 0 aromatic rings. The maximum absolute atomic E-state index is 5.85. The van der Waals surface area contributed by atoms with E-state index in [1.165, 1.54) is 45.1 Å². The molecule has 2 N–H and O–H groups in total. The maximum atomic E-state index is 5.85.